The first kappa shape index (κ1) is 33.6. The van der Waals surface area contributed by atoms with E-state index in [-0.39, 0.29) is 31.2 Å². The highest BCUT2D eigenvalue weighted by atomic mass is 79.9. The molecule has 2 unspecified atom stereocenters. The van der Waals surface area contributed by atoms with Gasteiger partial charge in [0.25, 0.3) is 6.09 Å². The second-order valence-corrected chi connectivity index (χ2v) is 15.6. The van der Waals surface area contributed by atoms with Gasteiger partial charge in [0.1, 0.15) is 12.8 Å². The minimum Gasteiger partial charge on any atom is -0.498 e. The zero-order chi connectivity index (χ0) is 33.6. The molecule has 0 spiro atoms. The SMILES string of the molecule is CN1CCN(C2CCN(C3(CC=O)CC(n4c(=O)[nH]c5c6ccccc6ccc54)CC[N@+]3(Cc3ccc(Br)c(Br)c3)C(=O)[O-])CC2)CC1. The molecule has 48 heavy (non-hydrogen) atoms. The van der Waals surface area contributed by atoms with E-state index >= 15 is 0 Å². The van der Waals surface area contributed by atoms with E-state index in [1.807, 2.05) is 59.2 Å². The van der Waals surface area contributed by atoms with E-state index in [9.17, 15) is 19.5 Å². The van der Waals surface area contributed by atoms with Crippen LogP contribution in [0.5, 0.6) is 0 Å². The highest BCUT2D eigenvalue weighted by Gasteiger charge is 2.60. The fourth-order valence-corrected chi connectivity index (χ4v) is 9.61. The van der Waals surface area contributed by atoms with Crippen LogP contribution in [0.1, 0.15) is 43.7 Å². The molecule has 3 aromatic carbocycles. The third kappa shape index (κ3) is 5.78. The Bertz CT molecular complexity index is 1900. The van der Waals surface area contributed by atoms with E-state index < -0.39 is 16.2 Å². The predicted octanol–water partition coefficient (Wildman–Crippen LogP) is 4.70. The highest BCUT2D eigenvalue weighted by Crippen LogP contribution is 2.48. The molecule has 1 aromatic heterocycles. The van der Waals surface area contributed by atoms with Crippen molar-refractivity contribution in [3.05, 3.63) is 79.6 Å². The third-order valence-electron chi connectivity index (χ3n) is 11.5. The number of aromatic amines is 1. The minimum absolute atomic E-state index is 0.0222. The summed E-state index contributed by atoms with van der Waals surface area (Å²) < 4.78 is 3.13. The van der Waals surface area contributed by atoms with Gasteiger partial charge in [0.05, 0.1) is 30.0 Å². The molecule has 4 heterocycles. The molecule has 3 aliphatic heterocycles. The number of aromatic nitrogens is 2. The Morgan fingerprint density at radius 3 is 2.44 bits per heavy atom. The van der Waals surface area contributed by atoms with E-state index in [2.05, 4.69) is 58.6 Å². The van der Waals surface area contributed by atoms with Gasteiger partial charge in [-0.25, -0.2) is 4.79 Å². The lowest BCUT2D eigenvalue weighted by Gasteiger charge is -2.61. The van der Waals surface area contributed by atoms with E-state index in [1.165, 1.54) is 0 Å². The number of piperidine rings is 2. The fourth-order valence-electron chi connectivity index (χ4n) is 8.94. The average Bonchev–Trinajstić information content (AvgIpc) is 3.44. The first-order chi connectivity index (χ1) is 23.2. The van der Waals surface area contributed by atoms with E-state index in [0.29, 0.717) is 32.0 Å². The quantitative estimate of drug-likeness (QED) is 0.214. The van der Waals surface area contributed by atoms with Gasteiger partial charge >= 0.3 is 5.69 Å². The van der Waals surface area contributed by atoms with Crippen LogP contribution in [0.4, 0.5) is 4.79 Å². The van der Waals surface area contributed by atoms with Crippen molar-refractivity contribution in [2.75, 3.05) is 52.9 Å². The number of likely N-dealkylation sites (tertiary alicyclic amines) is 2. The summed E-state index contributed by atoms with van der Waals surface area (Å²) in [5, 5.41) is 15.7. The molecule has 0 bridgehead atoms. The van der Waals surface area contributed by atoms with Crippen molar-refractivity contribution in [1.29, 1.82) is 0 Å². The molecule has 254 valence electrons. The van der Waals surface area contributed by atoms with Crippen molar-refractivity contribution in [2.45, 2.75) is 56.4 Å². The second-order valence-electron chi connectivity index (χ2n) is 13.9. The largest absolute Gasteiger partial charge is 0.498 e. The number of amides is 1. The van der Waals surface area contributed by atoms with Gasteiger partial charge in [0.2, 0.25) is 0 Å². The Balaban J connectivity index is 1.31. The van der Waals surface area contributed by atoms with Crippen LogP contribution in [0.25, 0.3) is 21.8 Å². The Hall–Kier alpha value is -2.87. The van der Waals surface area contributed by atoms with Crippen LogP contribution in [0, 0.1) is 0 Å². The minimum atomic E-state index is -1.19. The van der Waals surface area contributed by atoms with Crippen LogP contribution in [0.3, 0.4) is 0 Å². The van der Waals surface area contributed by atoms with Crippen LogP contribution < -0.4 is 10.8 Å². The number of carboxylic acid groups (broad SMARTS) is 1. The molecule has 3 atom stereocenters. The molecule has 3 aliphatic rings. The Morgan fingerprint density at radius 1 is 0.979 bits per heavy atom. The van der Waals surface area contributed by atoms with Crippen molar-refractivity contribution in [3.63, 3.8) is 0 Å². The summed E-state index contributed by atoms with van der Waals surface area (Å²) in [7, 11) is 2.16. The van der Waals surface area contributed by atoms with Crippen LogP contribution in [-0.2, 0) is 11.3 Å². The maximum atomic E-state index is 13.8. The lowest BCUT2D eigenvalue weighted by molar-refractivity contribution is -0.956. The number of likely N-dealkylation sites (N-methyl/N-ethyl adjacent to an activating group) is 1. The number of aldehydes is 1. The van der Waals surface area contributed by atoms with Crippen LogP contribution >= 0.6 is 31.9 Å². The van der Waals surface area contributed by atoms with Crippen molar-refractivity contribution >= 4 is 66.0 Å². The zero-order valence-electron chi connectivity index (χ0n) is 27.2. The van der Waals surface area contributed by atoms with Gasteiger partial charge in [0, 0.05) is 78.0 Å². The molecule has 3 saturated heterocycles. The molecule has 12 heteroatoms. The average molecular weight is 783 g/mol. The molecule has 1 N–H and O–H groups in total. The number of benzene rings is 3. The molecular formula is C36H42Br2N6O4. The normalized spacial score (nSPS) is 26.7. The van der Waals surface area contributed by atoms with Gasteiger partial charge in [-0.15, -0.1) is 0 Å². The molecular weight excluding hydrogens is 740 g/mol. The number of rotatable bonds is 7. The number of hydrogen-bond acceptors (Lipinski definition) is 7. The summed E-state index contributed by atoms with van der Waals surface area (Å²) in [6, 6.07) is 17.9. The molecule has 0 radical (unpaired) electrons. The van der Waals surface area contributed by atoms with Gasteiger partial charge in [0.15, 0.2) is 5.66 Å². The Labute approximate surface area is 297 Å². The third-order valence-corrected chi connectivity index (χ3v) is 13.4. The summed E-state index contributed by atoms with van der Waals surface area (Å²) in [6.07, 6.45) is 2.28. The number of halogens is 2. The van der Waals surface area contributed by atoms with Gasteiger partial charge in [-0.1, -0.05) is 36.4 Å². The molecule has 10 nitrogen and oxygen atoms in total. The summed E-state index contributed by atoms with van der Waals surface area (Å²) in [5.74, 6) is 0. The Morgan fingerprint density at radius 2 is 1.73 bits per heavy atom. The van der Waals surface area contributed by atoms with Crippen molar-refractivity contribution < 1.29 is 19.2 Å². The number of piperazine rings is 1. The van der Waals surface area contributed by atoms with Crippen molar-refractivity contribution in [1.82, 2.24) is 24.3 Å². The van der Waals surface area contributed by atoms with Crippen LogP contribution in [0.15, 0.2) is 68.3 Å². The first-order valence-corrected chi connectivity index (χ1v) is 18.5. The maximum Gasteiger partial charge on any atom is 0.326 e. The number of hydrogen-bond donors (Lipinski definition) is 1. The number of nitrogens with one attached hydrogen (secondary N) is 1. The number of H-pyrrole nitrogens is 1. The summed E-state index contributed by atoms with van der Waals surface area (Å²) in [4.78, 5) is 50.6. The van der Waals surface area contributed by atoms with E-state index in [0.717, 1.165) is 81.6 Å². The number of quaternary nitrogens is 1. The van der Waals surface area contributed by atoms with Crippen molar-refractivity contribution in [2.24, 2.45) is 0 Å². The number of carbonyl (C=O) groups is 2. The second kappa shape index (κ2) is 13.4. The molecule has 7 rings (SSSR count). The summed E-state index contributed by atoms with van der Waals surface area (Å²) >= 11 is 7.14. The fraction of sp³-hybridized carbons (Fsp3) is 0.472. The summed E-state index contributed by atoms with van der Waals surface area (Å²) in [5.41, 5.74) is 1.08. The molecule has 3 fully saturated rings. The van der Waals surface area contributed by atoms with Gasteiger partial charge in [-0.3, -0.25) is 18.8 Å². The molecule has 1 amide bonds. The number of fused-ring (bicyclic) bond motifs is 3. The predicted molar refractivity (Wildman–Crippen MR) is 191 cm³/mol. The zero-order valence-corrected chi connectivity index (χ0v) is 30.4. The monoisotopic (exact) mass is 780 g/mol. The molecule has 0 aliphatic carbocycles. The number of nitrogens with zero attached hydrogens (tertiary/aromatic N) is 5. The summed E-state index contributed by atoms with van der Waals surface area (Å²) in [6.45, 7) is 5.86. The topological polar surface area (TPSA) is 105 Å². The lowest BCUT2D eigenvalue weighted by Crippen LogP contribution is -2.79. The number of carbonyl (C=O) groups excluding carboxylic acids is 2. The van der Waals surface area contributed by atoms with Gasteiger partial charge in [-0.05, 0) is 75.3 Å². The smallest absolute Gasteiger partial charge is 0.326 e. The van der Waals surface area contributed by atoms with Crippen molar-refractivity contribution in [3.8, 4) is 0 Å². The lowest BCUT2D eigenvalue weighted by atomic mass is 9.82. The molecule has 0 saturated carbocycles. The number of imidazole rings is 1. The molecule has 4 aromatic rings. The Kier molecular flexibility index (Phi) is 9.42. The maximum absolute atomic E-state index is 13.8. The standard InChI is InChI=1S/C36H42Br2N6O4/c1-40-16-18-41(19-17-40)27-10-14-42(15-11-27)36(13-21-45)23-28(12-20-44(36,35(47)48)24-25-6-8-30(37)31(38)22-25)43-32-9-7-26-4-2-3-5-29(26)33(32)39-34(43)46/h2-9,21-22,27-28H,10-20,23-24H2,1H3,(H-,39,46,47,48)/t28?,36?,44-/m0/s1. The first-order valence-electron chi connectivity index (χ1n) is 16.9. The highest BCUT2D eigenvalue weighted by molar-refractivity contribution is 9.13. The van der Waals surface area contributed by atoms with Gasteiger partial charge in [-0.2, -0.15) is 0 Å². The van der Waals surface area contributed by atoms with Crippen LogP contribution in [-0.4, -0.2) is 106 Å². The van der Waals surface area contributed by atoms with Gasteiger partial charge < -0.3 is 24.6 Å². The van der Waals surface area contributed by atoms with Crippen LogP contribution in [0.2, 0.25) is 0 Å². The van der Waals surface area contributed by atoms with E-state index in [1.54, 1.807) is 0 Å². The van der Waals surface area contributed by atoms with E-state index in [4.69, 9.17) is 0 Å².